The van der Waals surface area contributed by atoms with Gasteiger partial charge >= 0.3 is 5.97 Å². The molecular weight excluding hydrogens is 466 g/mol. The molecule has 5 rings (SSSR count). The molecule has 1 aromatic heterocycles. The largest absolute Gasteiger partial charge is 0.478 e. The molecule has 0 atom stereocenters. The minimum Gasteiger partial charge on any atom is -0.478 e. The summed E-state index contributed by atoms with van der Waals surface area (Å²) < 4.78 is 1.56. The molecule has 0 fully saturated rings. The van der Waals surface area contributed by atoms with E-state index in [9.17, 15) is 24.8 Å². The number of carboxylic acids is 1. The Labute approximate surface area is 203 Å². The van der Waals surface area contributed by atoms with E-state index in [2.05, 4.69) is 4.98 Å². The van der Waals surface area contributed by atoms with Crippen LogP contribution in [-0.2, 0) is 6.54 Å². The number of nitro groups is 1. The molecule has 0 bridgehead atoms. The Bertz CT molecular complexity index is 1610. The summed E-state index contributed by atoms with van der Waals surface area (Å²) >= 11 is 1.33. The van der Waals surface area contributed by atoms with Crippen LogP contribution in [0.25, 0.3) is 22.6 Å². The number of carbonyl (C=O) groups is 1. The lowest BCUT2D eigenvalue weighted by molar-refractivity contribution is -0.387. The van der Waals surface area contributed by atoms with E-state index in [0.29, 0.717) is 40.2 Å². The fourth-order valence-corrected chi connectivity index (χ4v) is 4.98. The van der Waals surface area contributed by atoms with E-state index in [0.717, 1.165) is 16.0 Å². The van der Waals surface area contributed by atoms with E-state index < -0.39 is 10.9 Å². The number of aryl methyl sites for hydroxylation is 1. The number of rotatable bonds is 5. The van der Waals surface area contributed by atoms with Crippen LogP contribution in [-0.4, -0.2) is 25.6 Å². The maximum atomic E-state index is 12.9. The van der Waals surface area contributed by atoms with E-state index in [1.54, 1.807) is 22.8 Å². The van der Waals surface area contributed by atoms with Crippen molar-refractivity contribution in [1.82, 2.24) is 9.55 Å². The topological polar surface area (TPSA) is 115 Å². The fourth-order valence-electron chi connectivity index (χ4n) is 4.08. The fraction of sp³-hybridized carbons (Fsp3) is 0.115. The normalized spacial score (nSPS) is 13.8. The van der Waals surface area contributed by atoms with Crippen molar-refractivity contribution in [2.75, 3.05) is 0 Å². The van der Waals surface area contributed by atoms with Gasteiger partial charge in [0.15, 0.2) is 0 Å². The number of nitro benzene ring substituents is 1. The molecule has 3 aromatic carbocycles. The van der Waals surface area contributed by atoms with Gasteiger partial charge in [-0.15, -0.1) is 0 Å². The van der Waals surface area contributed by atoms with Crippen molar-refractivity contribution in [3.8, 4) is 0 Å². The maximum absolute atomic E-state index is 12.9. The van der Waals surface area contributed by atoms with Crippen molar-refractivity contribution in [2.45, 2.75) is 29.7 Å². The summed E-state index contributed by atoms with van der Waals surface area (Å²) in [6.07, 6.45) is 2.34. The highest BCUT2D eigenvalue weighted by molar-refractivity contribution is 7.99. The molecule has 0 amide bonds. The van der Waals surface area contributed by atoms with Crippen molar-refractivity contribution >= 4 is 46.0 Å². The first kappa shape index (κ1) is 22.5. The number of aromatic carboxylic acids is 1. The second-order valence-electron chi connectivity index (χ2n) is 8.25. The molecule has 1 N–H and O–H groups in total. The number of benzene rings is 3. The van der Waals surface area contributed by atoms with Crippen molar-refractivity contribution in [3.05, 3.63) is 104 Å². The number of hydrogen-bond donors (Lipinski definition) is 1. The summed E-state index contributed by atoms with van der Waals surface area (Å²) in [5.74, 6) is -0.647. The summed E-state index contributed by atoms with van der Waals surface area (Å²) in [5, 5.41) is 21.4. The van der Waals surface area contributed by atoms with Gasteiger partial charge in [-0.05, 0) is 67.0 Å². The zero-order valence-electron chi connectivity index (χ0n) is 18.6. The first-order valence-corrected chi connectivity index (χ1v) is 11.6. The number of aromatic nitrogens is 2. The standard InChI is InChI=1S/C26H19N3O5S/c1-15-2-6-19(7-3-15)35-23-9-4-16(13-22(23)29(33)34)12-17-10-11-28-24(17)27-21-14-18(26(31)32)5-8-20(21)25(28)30/h2-9,12-14H,10-11H2,1H3,(H,31,32)/b17-12-. The Morgan fingerprint density at radius 3 is 2.63 bits per heavy atom. The lowest BCUT2D eigenvalue weighted by Crippen LogP contribution is -2.21. The SMILES string of the molecule is Cc1ccc(Sc2ccc(/C=C3/CCn4c3nc3cc(C(=O)O)ccc3c4=O)cc2[N+](=O)[O-])cc1. The summed E-state index contributed by atoms with van der Waals surface area (Å²) in [6.45, 7) is 2.42. The van der Waals surface area contributed by atoms with Gasteiger partial charge in [-0.25, -0.2) is 9.78 Å². The van der Waals surface area contributed by atoms with Crippen LogP contribution in [0.15, 0.2) is 75.2 Å². The van der Waals surface area contributed by atoms with Gasteiger partial charge in [0.1, 0.15) is 5.82 Å². The molecule has 0 saturated heterocycles. The second-order valence-corrected chi connectivity index (χ2v) is 9.36. The molecule has 0 saturated carbocycles. The summed E-state index contributed by atoms with van der Waals surface area (Å²) in [5.41, 5.74) is 2.63. The van der Waals surface area contributed by atoms with E-state index in [1.165, 1.54) is 36.0 Å². The molecule has 4 aromatic rings. The lowest BCUT2D eigenvalue weighted by Gasteiger charge is -2.07. The van der Waals surface area contributed by atoms with Crippen LogP contribution in [0.4, 0.5) is 5.69 Å². The van der Waals surface area contributed by atoms with Crippen LogP contribution in [0.2, 0.25) is 0 Å². The van der Waals surface area contributed by atoms with Gasteiger partial charge < -0.3 is 5.11 Å². The molecule has 8 nitrogen and oxygen atoms in total. The molecule has 9 heteroatoms. The van der Waals surface area contributed by atoms with Crippen LogP contribution < -0.4 is 5.56 Å². The predicted molar refractivity (Wildman–Crippen MR) is 134 cm³/mol. The Balaban J connectivity index is 1.54. The lowest BCUT2D eigenvalue weighted by atomic mass is 10.1. The number of hydrogen-bond acceptors (Lipinski definition) is 6. The van der Waals surface area contributed by atoms with Crippen molar-refractivity contribution in [2.24, 2.45) is 0 Å². The minimum absolute atomic E-state index is 0.00196. The Kier molecular flexibility index (Phi) is 5.70. The average molecular weight is 486 g/mol. The first-order chi connectivity index (χ1) is 16.8. The number of allylic oxidation sites excluding steroid dienone is 1. The molecule has 1 aliphatic rings. The van der Waals surface area contributed by atoms with Gasteiger partial charge in [-0.3, -0.25) is 19.5 Å². The molecular formula is C26H19N3O5S. The van der Waals surface area contributed by atoms with Gasteiger partial charge in [0.25, 0.3) is 11.2 Å². The van der Waals surface area contributed by atoms with Gasteiger partial charge in [0.05, 0.1) is 26.3 Å². The Morgan fingerprint density at radius 1 is 1.14 bits per heavy atom. The predicted octanol–water partition coefficient (Wildman–Crippen LogP) is 5.41. The third-order valence-corrected chi connectivity index (χ3v) is 6.94. The van der Waals surface area contributed by atoms with Crippen LogP contribution in [0.5, 0.6) is 0 Å². The molecule has 0 aliphatic carbocycles. The van der Waals surface area contributed by atoms with Gasteiger partial charge in [-0.2, -0.15) is 0 Å². The van der Waals surface area contributed by atoms with Gasteiger partial charge in [-0.1, -0.05) is 35.5 Å². The third-order valence-electron chi connectivity index (χ3n) is 5.86. The van der Waals surface area contributed by atoms with E-state index in [-0.39, 0.29) is 16.8 Å². The monoisotopic (exact) mass is 485 g/mol. The number of fused-ring (bicyclic) bond motifs is 2. The molecule has 2 heterocycles. The van der Waals surface area contributed by atoms with Crippen LogP contribution in [0.3, 0.4) is 0 Å². The number of nitrogens with zero attached hydrogens (tertiary/aromatic N) is 3. The first-order valence-electron chi connectivity index (χ1n) is 10.8. The van der Waals surface area contributed by atoms with Crippen molar-refractivity contribution in [1.29, 1.82) is 0 Å². The highest BCUT2D eigenvalue weighted by atomic mass is 32.2. The Morgan fingerprint density at radius 2 is 1.91 bits per heavy atom. The van der Waals surface area contributed by atoms with E-state index >= 15 is 0 Å². The van der Waals surface area contributed by atoms with E-state index in [4.69, 9.17) is 0 Å². The quantitative estimate of drug-likeness (QED) is 0.297. The minimum atomic E-state index is -1.10. The number of carboxylic acid groups (broad SMARTS) is 1. The molecule has 174 valence electrons. The van der Waals surface area contributed by atoms with Crippen LogP contribution in [0, 0.1) is 17.0 Å². The van der Waals surface area contributed by atoms with Gasteiger partial charge in [0, 0.05) is 17.5 Å². The molecule has 1 aliphatic heterocycles. The summed E-state index contributed by atoms with van der Waals surface area (Å²) in [6, 6.07) is 17.1. The molecule has 0 radical (unpaired) electrons. The zero-order chi connectivity index (χ0) is 24.7. The summed E-state index contributed by atoms with van der Waals surface area (Å²) in [4.78, 5) is 41.7. The van der Waals surface area contributed by atoms with Crippen LogP contribution >= 0.6 is 11.8 Å². The molecule has 35 heavy (non-hydrogen) atoms. The molecule has 0 spiro atoms. The smallest absolute Gasteiger partial charge is 0.335 e. The third kappa shape index (κ3) is 4.33. The zero-order valence-corrected chi connectivity index (χ0v) is 19.4. The van der Waals surface area contributed by atoms with Crippen molar-refractivity contribution in [3.63, 3.8) is 0 Å². The van der Waals surface area contributed by atoms with E-state index in [1.807, 2.05) is 31.2 Å². The molecule has 0 unspecified atom stereocenters. The highest BCUT2D eigenvalue weighted by Gasteiger charge is 2.22. The maximum Gasteiger partial charge on any atom is 0.335 e. The van der Waals surface area contributed by atoms with Gasteiger partial charge in [0.2, 0.25) is 0 Å². The average Bonchev–Trinajstić information content (AvgIpc) is 3.23. The summed E-state index contributed by atoms with van der Waals surface area (Å²) in [7, 11) is 0. The van der Waals surface area contributed by atoms with Crippen LogP contribution in [0.1, 0.15) is 33.7 Å². The van der Waals surface area contributed by atoms with Crippen molar-refractivity contribution < 1.29 is 14.8 Å². The highest BCUT2D eigenvalue weighted by Crippen LogP contribution is 2.36. The Hall–Kier alpha value is -4.24. The second kappa shape index (κ2) is 8.84.